The van der Waals surface area contributed by atoms with E-state index < -0.39 is 11.9 Å². The molecule has 0 radical (unpaired) electrons. The molecule has 0 aromatic rings. The Labute approximate surface area is 192 Å². The second-order valence-corrected chi connectivity index (χ2v) is 11.2. The summed E-state index contributed by atoms with van der Waals surface area (Å²) >= 11 is 0. The van der Waals surface area contributed by atoms with Gasteiger partial charge in [-0.15, -0.1) is 0 Å². The number of cyclic esters (lactones) is 2. The van der Waals surface area contributed by atoms with E-state index >= 15 is 0 Å². The van der Waals surface area contributed by atoms with Crippen molar-refractivity contribution in [3.05, 3.63) is 12.2 Å². The van der Waals surface area contributed by atoms with E-state index in [1.165, 1.54) is 38.5 Å². The first-order valence-corrected chi connectivity index (χ1v) is 12.9. The number of ether oxygens (including phenoxy) is 2. The number of rotatable bonds is 3. The van der Waals surface area contributed by atoms with Gasteiger partial charge in [0.25, 0.3) is 0 Å². The van der Waals surface area contributed by atoms with Crippen LogP contribution < -0.4 is 0 Å². The Kier molecular flexibility index (Phi) is 6.84. The molecule has 5 rings (SSSR count). The highest BCUT2D eigenvalue weighted by Gasteiger charge is 2.53. The van der Waals surface area contributed by atoms with E-state index in [2.05, 4.69) is 30.7 Å². The number of esters is 3. The van der Waals surface area contributed by atoms with Crippen molar-refractivity contribution in [1.29, 1.82) is 0 Å². The van der Waals surface area contributed by atoms with Crippen LogP contribution >= 0.6 is 0 Å². The number of carbonyl (C=O) groups is 3. The molecular weight excluding hydrogens is 404 g/mol. The second-order valence-electron chi connectivity index (χ2n) is 11.2. The molecule has 5 nitrogen and oxygen atoms in total. The summed E-state index contributed by atoms with van der Waals surface area (Å²) in [5, 5.41) is 0. The highest BCUT2D eigenvalue weighted by Crippen LogP contribution is 2.56. The zero-order valence-electron chi connectivity index (χ0n) is 20.2. The maximum absolute atomic E-state index is 13.1. The van der Waals surface area contributed by atoms with Crippen LogP contribution in [0.25, 0.3) is 0 Å². The van der Waals surface area contributed by atoms with Crippen molar-refractivity contribution < 1.29 is 23.9 Å². The van der Waals surface area contributed by atoms with Crippen molar-refractivity contribution >= 4 is 17.9 Å². The average Bonchev–Trinajstić information content (AvgIpc) is 3.56. The molecule has 4 fully saturated rings. The summed E-state index contributed by atoms with van der Waals surface area (Å²) in [6, 6.07) is 0. The van der Waals surface area contributed by atoms with Gasteiger partial charge in [0.15, 0.2) is 0 Å². The Balaban J connectivity index is 0.000000230. The molecule has 1 heterocycles. The maximum atomic E-state index is 13.1. The van der Waals surface area contributed by atoms with Crippen LogP contribution in [-0.2, 0) is 23.9 Å². The molecule has 8 unspecified atom stereocenters. The first-order chi connectivity index (χ1) is 15.2. The third-order valence-corrected chi connectivity index (χ3v) is 9.57. The Hall–Kier alpha value is -1.65. The number of fused-ring (bicyclic) bond motifs is 2. The normalized spacial score (nSPS) is 43.2. The minimum atomic E-state index is -0.396. The molecule has 0 N–H and O–H groups in total. The van der Waals surface area contributed by atoms with Gasteiger partial charge in [0.05, 0.1) is 17.8 Å². The van der Waals surface area contributed by atoms with Crippen LogP contribution in [-0.4, -0.2) is 23.5 Å². The minimum absolute atomic E-state index is 0.134. The van der Waals surface area contributed by atoms with Gasteiger partial charge in [-0.25, -0.2) is 0 Å². The quantitative estimate of drug-likeness (QED) is 0.328. The molecule has 0 aromatic heterocycles. The molecule has 5 heteroatoms. The molecular formula is C27H40O5. The summed E-state index contributed by atoms with van der Waals surface area (Å²) in [7, 11) is 0. The number of hydrogen-bond acceptors (Lipinski definition) is 5. The predicted octanol–water partition coefficient (Wildman–Crippen LogP) is 5.47. The standard InChI is InChI=1S/C21H32O2.C6H8O3/c1-14-15(2)18-12-16(14)13-19(18)20(22)23-21(10-6-3-7-11-21)17-8-4-5-9-17;1-3-4(2)6(8)9-5(3)7/h6,10,14-19H,3-5,7-9,11-13H2,1-2H3;3-4H,1-2H3. The molecule has 8 atom stereocenters. The number of hydrogen-bond donors (Lipinski definition) is 0. The number of allylic oxidation sites excluding steroid dienone is 1. The van der Waals surface area contributed by atoms with E-state index in [9.17, 15) is 14.4 Å². The van der Waals surface area contributed by atoms with E-state index in [1.54, 1.807) is 13.8 Å². The summed E-state index contributed by atoms with van der Waals surface area (Å²) in [5.41, 5.74) is -0.261. The molecule has 32 heavy (non-hydrogen) atoms. The van der Waals surface area contributed by atoms with Gasteiger partial charge in [-0.05, 0) is 74.7 Å². The summed E-state index contributed by atoms with van der Waals surface area (Å²) < 4.78 is 10.7. The molecule has 1 saturated heterocycles. The zero-order chi connectivity index (χ0) is 23.0. The van der Waals surface area contributed by atoms with Crippen LogP contribution in [0.2, 0.25) is 0 Å². The fraction of sp³-hybridized carbons (Fsp3) is 0.815. The first kappa shape index (κ1) is 23.5. The Morgan fingerprint density at radius 2 is 1.62 bits per heavy atom. The van der Waals surface area contributed by atoms with E-state index in [0.29, 0.717) is 17.8 Å². The Morgan fingerprint density at radius 1 is 0.969 bits per heavy atom. The third kappa shape index (κ3) is 4.28. The van der Waals surface area contributed by atoms with Crippen molar-refractivity contribution in [1.82, 2.24) is 0 Å². The van der Waals surface area contributed by atoms with Crippen molar-refractivity contribution in [3.8, 4) is 0 Å². The van der Waals surface area contributed by atoms with Crippen LogP contribution in [0.1, 0.15) is 85.5 Å². The van der Waals surface area contributed by atoms with Gasteiger partial charge < -0.3 is 9.47 Å². The van der Waals surface area contributed by atoms with Crippen molar-refractivity contribution in [2.75, 3.05) is 0 Å². The van der Waals surface area contributed by atoms with Crippen LogP contribution in [0, 0.1) is 47.3 Å². The first-order valence-electron chi connectivity index (χ1n) is 12.9. The topological polar surface area (TPSA) is 69.7 Å². The lowest BCUT2D eigenvalue weighted by atomic mass is 9.75. The fourth-order valence-electron chi connectivity index (χ4n) is 6.95. The molecule has 178 valence electrons. The molecule has 0 amide bonds. The van der Waals surface area contributed by atoms with Crippen LogP contribution in [0.3, 0.4) is 0 Å². The molecule has 0 aromatic carbocycles. The highest BCUT2D eigenvalue weighted by molar-refractivity contribution is 5.95. The third-order valence-electron chi connectivity index (χ3n) is 9.57. The zero-order valence-corrected chi connectivity index (χ0v) is 20.2. The Bertz CT molecular complexity index is 746. The predicted molar refractivity (Wildman–Crippen MR) is 121 cm³/mol. The smallest absolute Gasteiger partial charge is 0.317 e. The van der Waals surface area contributed by atoms with Gasteiger partial charge >= 0.3 is 17.9 Å². The summed E-state index contributed by atoms with van der Waals surface area (Å²) in [4.78, 5) is 34.2. The summed E-state index contributed by atoms with van der Waals surface area (Å²) in [5.74, 6) is 2.41. The van der Waals surface area contributed by atoms with Crippen LogP contribution in [0.5, 0.6) is 0 Å². The van der Waals surface area contributed by atoms with E-state index in [-0.39, 0.29) is 29.3 Å². The van der Waals surface area contributed by atoms with Gasteiger partial charge in [-0.3, -0.25) is 14.4 Å². The fourth-order valence-corrected chi connectivity index (χ4v) is 6.95. The van der Waals surface area contributed by atoms with Crippen molar-refractivity contribution in [2.24, 2.45) is 47.3 Å². The lowest BCUT2D eigenvalue weighted by molar-refractivity contribution is -0.169. The van der Waals surface area contributed by atoms with Crippen LogP contribution in [0.4, 0.5) is 0 Å². The summed E-state index contributed by atoms with van der Waals surface area (Å²) in [6.07, 6.45) is 15.3. The average molecular weight is 445 g/mol. The van der Waals surface area contributed by atoms with Gasteiger partial charge in [-0.1, -0.05) is 46.6 Å². The van der Waals surface area contributed by atoms with E-state index in [4.69, 9.17) is 4.74 Å². The molecule has 1 aliphatic heterocycles. The molecule has 3 saturated carbocycles. The largest absolute Gasteiger partial charge is 0.454 e. The van der Waals surface area contributed by atoms with Gasteiger partial charge in [0, 0.05) is 5.92 Å². The van der Waals surface area contributed by atoms with Gasteiger partial charge in [0.2, 0.25) is 0 Å². The maximum Gasteiger partial charge on any atom is 0.317 e. The minimum Gasteiger partial charge on any atom is -0.454 e. The second kappa shape index (κ2) is 9.30. The number of carbonyl (C=O) groups excluding carboxylic acids is 3. The van der Waals surface area contributed by atoms with Crippen molar-refractivity contribution in [3.63, 3.8) is 0 Å². The Morgan fingerprint density at radius 3 is 2.09 bits per heavy atom. The molecule has 4 aliphatic carbocycles. The van der Waals surface area contributed by atoms with Gasteiger partial charge in [-0.2, -0.15) is 0 Å². The molecule has 5 aliphatic rings. The lowest BCUT2D eigenvalue weighted by Crippen LogP contribution is -2.44. The highest BCUT2D eigenvalue weighted by atomic mass is 16.6. The monoisotopic (exact) mass is 444 g/mol. The molecule has 0 spiro atoms. The molecule has 2 bridgehead atoms. The lowest BCUT2D eigenvalue weighted by Gasteiger charge is -2.40. The van der Waals surface area contributed by atoms with E-state index in [0.717, 1.165) is 31.1 Å². The van der Waals surface area contributed by atoms with Gasteiger partial charge in [0.1, 0.15) is 5.60 Å². The van der Waals surface area contributed by atoms with E-state index in [1.807, 2.05) is 0 Å². The summed E-state index contributed by atoms with van der Waals surface area (Å²) in [6.45, 7) is 8.11. The SMILES string of the molecule is CC1C(=O)OC(=O)C1C.CC1C2CC(C(=O)OC3(C4CCCC4)C=CCCC3)C(C2)C1C. The van der Waals surface area contributed by atoms with Crippen LogP contribution in [0.15, 0.2) is 12.2 Å². The van der Waals surface area contributed by atoms with Crippen molar-refractivity contribution in [2.45, 2.75) is 91.1 Å².